The SMILES string of the molecule is CC1CN(c2nc3ccc(N)cc3c(=O)[nH]2)CCCO1. The summed E-state index contributed by atoms with van der Waals surface area (Å²) in [5.41, 5.74) is 6.77. The van der Waals surface area contributed by atoms with Gasteiger partial charge < -0.3 is 15.4 Å². The molecule has 2 heterocycles. The van der Waals surface area contributed by atoms with Crippen molar-refractivity contribution in [3.8, 4) is 0 Å². The van der Waals surface area contributed by atoms with E-state index in [0.29, 0.717) is 22.5 Å². The minimum Gasteiger partial charge on any atom is -0.399 e. The molecule has 1 unspecified atom stereocenters. The van der Waals surface area contributed by atoms with E-state index in [0.717, 1.165) is 26.1 Å². The first-order chi connectivity index (χ1) is 9.63. The number of nitrogens with one attached hydrogen (secondary N) is 1. The van der Waals surface area contributed by atoms with Crippen LogP contribution in [0.15, 0.2) is 23.0 Å². The highest BCUT2D eigenvalue weighted by Crippen LogP contribution is 2.16. The van der Waals surface area contributed by atoms with Crippen molar-refractivity contribution in [1.82, 2.24) is 9.97 Å². The Morgan fingerprint density at radius 2 is 2.35 bits per heavy atom. The van der Waals surface area contributed by atoms with Crippen LogP contribution in [0, 0.1) is 0 Å². The second-order valence-electron chi connectivity index (χ2n) is 5.15. The van der Waals surface area contributed by atoms with E-state index in [-0.39, 0.29) is 11.7 Å². The van der Waals surface area contributed by atoms with Gasteiger partial charge in [0.1, 0.15) is 0 Å². The average molecular weight is 274 g/mol. The molecule has 1 aliphatic rings. The number of aromatic amines is 1. The summed E-state index contributed by atoms with van der Waals surface area (Å²) in [5.74, 6) is 0.602. The van der Waals surface area contributed by atoms with E-state index < -0.39 is 0 Å². The van der Waals surface area contributed by atoms with E-state index in [9.17, 15) is 4.79 Å². The summed E-state index contributed by atoms with van der Waals surface area (Å²) >= 11 is 0. The summed E-state index contributed by atoms with van der Waals surface area (Å²) in [6, 6.07) is 5.19. The molecule has 2 aromatic rings. The van der Waals surface area contributed by atoms with Crippen LogP contribution in [-0.4, -0.2) is 35.8 Å². The smallest absolute Gasteiger partial charge is 0.260 e. The summed E-state index contributed by atoms with van der Waals surface area (Å²) in [7, 11) is 0. The monoisotopic (exact) mass is 274 g/mol. The fourth-order valence-corrected chi connectivity index (χ4v) is 2.48. The van der Waals surface area contributed by atoms with Gasteiger partial charge in [-0.2, -0.15) is 0 Å². The number of nitrogen functional groups attached to an aromatic ring is 1. The zero-order valence-corrected chi connectivity index (χ0v) is 11.4. The van der Waals surface area contributed by atoms with Gasteiger partial charge in [-0.1, -0.05) is 0 Å². The zero-order chi connectivity index (χ0) is 14.1. The van der Waals surface area contributed by atoms with Gasteiger partial charge in [-0.15, -0.1) is 0 Å². The Morgan fingerprint density at radius 3 is 3.20 bits per heavy atom. The molecule has 0 spiro atoms. The fraction of sp³-hybridized carbons (Fsp3) is 0.429. The topological polar surface area (TPSA) is 84.2 Å². The third kappa shape index (κ3) is 2.46. The Kier molecular flexibility index (Phi) is 3.31. The van der Waals surface area contributed by atoms with Crippen LogP contribution in [0.25, 0.3) is 10.9 Å². The molecule has 6 heteroatoms. The summed E-state index contributed by atoms with van der Waals surface area (Å²) in [4.78, 5) is 21.6. The first-order valence-electron chi connectivity index (χ1n) is 6.79. The molecule has 0 aliphatic carbocycles. The molecule has 3 rings (SSSR count). The molecule has 1 saturated heterocycles. The Morgan fingerprint density at radius 1 is 1.50 bits per heavy atom. The van der Waals surface area contributed by atoms with Crippen molar-refractivity contribution in [2.24, 2.45) is 0 Å². The Balaban J connectivity index is 2.03. The lowest BCUT2D eigenvalue weighted by Gasteiger charge is -2.22. The first-order valence-corrected chi connectivity index (χ1v) is 6.79. The van der Waals surface area contributed by atoms with Gasteiger partial charge in [0.2, 0.25) is 5.95 Å². The molecule has 1 aromatic carbocycles. The molecule has 106 valence electrons. The average Bonchev–Trinajstić information content (AvgIpc) is 2.64. The lowest BCUT2D eigenvalue weighted by molar-refractivity contribution is 0.0820. The van der Waals surface area contributed by atoms with E-state index in [4.69, 9.17) is 10.5 Å². The number of hydrogen-bond acceptors (Lipinski definition) is 5. The predicted molar refractivity (Wildman–Crippen MR) is 79.0 cm³/mol. The van der Waals surface area contributed by atoms with E-state index in [1.165, 1.54) is 0 Å². The number of anilines is 2. The Labute approximate surface area is 116 Å². The molecule has 1 aliphatic heterocycles. The van der Waals surface area contributed by atoms with Gasteiger partial charge >= 0.3 is 0 Å². The minimum atomic E-state index is -0.157. The van der Waals surface area contributed by atoms with Crippen molar-refractivity contribution >= 4 is 22.5 Å². The first kappa shape index (κ1) is 12.9. The molecule has 1 fully saturated rings. The van der Waals surface area contributed by atoms with Crippen LogP contribution in [0.1, 0.15) is 13.3 Å². The molecule has 0 bridgehead atoms. The molecule has 20 heavy (non-hydrogen) atoms. The van der Waals surface area contributed by atoms with Crippen molar-refractivity contribution in [3.05, 3.63) is 28.6 Å². The molecular weight excluding hydrogens is 256 g/mol. The van der Waals surface area contributed by atoms with Gasteiger partial charge in [0.25, 0.3) is 5.56 Å². The van der Waals surface area contributed by atoms with Gasteiger partial charge in [0.05, 0.1) is 17.0 Å². The number of fused-ring (bicyclic) bond motifs is 1. The quantitative estimate of drug-likeness (QED) is 0.761. The van der Waals surface area contributed by atoms with Crippen LogP contribution in [0.5, 0.6) is 0 Å². The van der Waals surface area contributed by atoms with Gasteiger partial charge in [-0.25, -0.2) is 4.98 Å². The number of benzene rings is 1. The van der Waals surface area contributed by atoms with Gasteiger partial charge in [0.15, 0.2) is 0 Å². The third-order valence-electron chi connectivity index (χ3n) is 3.47. The number of hydrogen-bond donors (Lipinski definition) is 2. The van der Waals surface area contributed by atoms with E-state index in [1.807, 2.05) is 6.92 Å². The Hall–Kier alpha value is -2.08. The normalized spacial score (nSPS) is 20.1. The lowest BCUT2D eigenvalue weighted by Crippen LogP contribution is -2.33. The van der Waals surface area contributed by atoms with Crippen LogP contribution < -0.4 is 16.2 Å². The van der Waals surface area contributed by atoms with Crippen molar-refractivity contribution in [2.75, 3.05) is 30.3 Å². The van der Waals surface area contributed by atoms with Crippen LogP contribution in [0.2, 0.25) is 0 Å². The van der Waals surface area contributed by atoms with Crippen LogP contribution in [0.4, 0.5) is 11.6 Å². The maximum atomic E-state index is 12.2. The maximum Gasteiger partial charge on any atom is 0.260 e. The number of nitrogens with two attached hydrogens (primary N) is 1. The fourth-order valence-electron chi connectivity index (χ4n) is 2.48. The number of H-pyrrole nitrogens is 1. The molecule has 1 atom stereocenters. The summed E-state index contributed by atoms with van der Waals surface area (Å²) in [6.45, 7) is 4.32. The molecule has 1 aromatic heterocycles. The third-order valence-corrected chi connectivity index (χ3v) is 3.47. The predicted octanol–water partition coefficient (Wildman–Crippen LogP) is 1.12. The summed E-state index contributed by atoms with van der Waals surface area (Å²) < 4.78 is 5.61. The van der Waals surface area contributed by atoms with Crippen molar-refractivity contribution < 1.29 is 4.74 Å². The largest absolute Gasteiger partial charge is 0.399 e. The summed E-state index contributed by atoms with van der Waals surface area (Å²) in [5, 5.41) is 0.521. The number of aromatic nitrogens is 2. The molecule has 0 amide bonds. The minimum absolute atomic E-state index is 0.130. The van der Waals surface area contributed by atoms with E-state index in [1.54, 1.807) is 18.2 Å². The number of nitrogens with zero attached hydrogens (tertiary/aromatic N) is 2. The summed E-state index contributed by atoms with van der Waals surface area (Å²) in [6.07, 6.45) is 1.05. The second-order valence-corrected chi connectivity index (χ2v) is 5.15. The van der Waals surface area contributed by atoms with E-state index >= 15 is 0 Å². The molecule has 0 saturated carbocycles. The maximum absolute atomic E-state index is 12.2. The number of ether oxygens (including phenoxy) is 1. The van der Waals surface area contributed by atoms with E-state index in [2.05, 4.69) is 14.9 Å². The standard InChI is InChI=1S/C14H18N4O2/c1-9-8-18(5-2-6-20-9)14-16-12-4-3-10(15)7-11(12)13(19)17-14/h3-4,7,9H,2,5-6,8,15H2,1H3,(H,16,17,19). The lowest BCUT2D eigenvalue weighted by atomic mass is 10.2. The van der Waals surface area contributed by atoms with Crippen LogP contribution in [-0.2, 0) is 4.74 Å². The molecule has 0 radical (unpaired) electrons. The zero-order valence-electron chi connectivity index (χ0n) is 11.4. The second kappa shape index (κ2) is 5.13. The van der Waals surface area contributed by atoms with Crippen LogP contribution >= 0.6 is 0 Å². The molecular formula is C14H18N4O2. The van der Waals surface area contributed by atoms with Crippen molar-refractivity contribution in [1.29, 1.82) is 0 Å². The highest BCUT2D eigenvalue weighted by Gasteiger charge is 2.18. The highest BCUT2D eigenvalue weighted by molar-refractivity contribution is 5.81. The van der Waals surface area contributed by atoms with Gasteiger partial charge in [0, 0.05) is 25.4 Å². The van der Waals surface area contributed by atoms with Crippen molar-refractivity contribution in [2.45, 2.75) is 19.4 Å². The van der Waals surface area contributed by atoms with Gasteiger partial charge in [-0.05, 0) is 31.5 Å². The highest BCUT2D eigenvalue weighted by atomic mass is 16.5. The molecule has 3 N–H and O–H groups in total. The van der Waals surface area contributed by atoms with Crippen molar-refractivity contribution in [3.63, 3.8) is 0 Å². The van der Waals surface area contributed by atoms with Crippen LogP contribution in [0.3, 0.4) is 0 Å². The Bertz CT molecular complexity index is 682. The number of rotatable bonds is 1. The van der Waals surface area contributed by atoms with Gasteiger partial charge in [-0.3, -0.25) is 9.78 Å². The molecule has 6 nitrogen and oxygen atoms in total.